The first-order valence-corrected chi connectivity index (χ1v) is 4.58. The molecular formula is C4H4O10S. The van der Waals surface area contributed by atoms with E-state index in [1.54, 1.807) is 0 Å². The van der Waals surface area contributed by atoms with E-state index in [0.717, 1.165) is 0 Å². The molecule has 0 saturated carbocycles. The maximum absolute atomic E-state index is 10.7. The quantitative estimate of drug-likeness (QED) is 0.420. The minimum absolute atomic E-state index is 1.70. The van der Waals surface area contributed by atoms with Crippen LogP contribution >= 0.6 is 0 Å². The fourth-order valence-corrected chi connectivity index (χ4v) is 0.842. The highest BCUT2D eigenvalue weighted by molar-refractivity contribution is 7.81. The lowest BCUT2D eigenvalue weighted by Gasteiger charge is -2.09. The monoisotopic (exact) mass is 244 g/mol. The highest BCUT2D eigenvalue weighted by atomic mass is 32.3. The van der Waals surface area contributed by atoms with Gasteiger partial charge in [0.25, 0.3) is 0 Å². The molecule has 2 N–H and O–H groups in total. The normalized spacial score (nSPS) is 31.9. The number of carbonyl (C=O) groups excluding carboxylic acids is 2. The molecule has 15 heavy (non-hydrogen) atoms. The van der Waals surface area contributed by atoms with Gasteiger partial charge < -0.3 is 10.2 Å². The van der Waals surface area contributed by atoms with Crippen molar-refractivity contribution in [3.8, 4) is 0 Å². The molecule has 0 bridgehead atoms. The van der Waals surface area contributed by atoms with Gasteiger partial charge in [-0.05, 0) is 8.67 Å². The first-order valence-electron chi connectivity index (χ1n) is 3.24. The maximum Gasteiger partial charge on any atom is 0.471 e. The molecule has 10 nitrogen and oxygen atoms in total. The van der Waals surface area contributed by atoms with Crippen molar-refractivity contribution in [2.45, 2.75) is 12.2 Å². The van der Waals surface area contributed by atoms with Crippen LogP contribution in [0.2, 0.25) is 0 Å². The van der Waals surface area contributed by atoms with E-state index >= 15 is 0 Å². The summed E-state index contributed by atoms with van der Waals surface area (Å²) in [6.07, 6.45) is -4.70. The molecule has 11 heteroatoms. The summed E-state index contributed by atoms with van der Waals surface area (Å²) in [6.45, 7) is 0. The number of rotatable bonds is 0. The molecule has 1 saturated heterocycles. The minimum Gasteiger partial charge on any atom is -0.378 e. The third-order valence-electron chi connectivity index (χ3n) is 1.18. The van der Waals surface area contributed by atoms with Gasteiger partial charge in [0.2, 0.25) is 0 Å². The Labute approximate surface area is 82.1 Å². The van der Waals surface area contributed by atoms with Crippen molar-refractivity contribution in [2.75, 3.05) is 0 Å². The predicted octanol–water partition coefficient (Wildman–Crippen LogP) is -3.08. The standard InChI is InChI=1S/C4H4O10S/c5-1-2(6)4(8)12-14-15(9,10)13-11-3(1)7/h1-2,5-6H/t1-,2-/m1/s1. The Kier molecular flexibility index (Phi) is 3.21. The summed E-state index contributed by atoms with van der Waals surface area (Å²) in [7, 11) is -4.89. The van der Waals surface area contributed by atoms with E-state index in [1.807, 2.05) is 0 Å². The average Bonchev–Trinajstić information content (AvgIpc) is 2.21. The Morgan fingerprint density at radius 1 is 0.933 bits per heavy atom. The largest absolute Gasteiger partial charge is 0.471 e. The zero-order chi connectivity index (χ0) is 11.6. The maximum atomic E-state index is 10.7. The summed E-state index contributed by atoms with van der Waals surface area (Å²) >= 11 is 0. The molecule has 0 aromatic carbocycles. The van der Waals surface area contributed by atoms with Crippen LogP contribution in [0, 0.1) is 0 Å². The van der Waals surface area contributed by atoms with Crippen LogP contribution in [0.25, 0.3) is 0 Å². The van der Waals surface area contributed by atoms with Gasteiger partial charge in [0.1, 0.15) is 0 Å². The molecule has 1 aliphatic rings. The van der Waals surface area contributed by atoms with Crippen LogP contribution in [0.1, 0.15) is 0 Å². The Balaban J connectivity index is 2.92. The van der Waals surface area contributed by atoms with Crippen LogP contribution in [0.5, 0.6) is 0 Å². The van der Waals surface area contributed by atoms with Gasteiger partial charge >= 0.3 is 22.3 Å². The van der Waals surface area contributed by atoms with Crippen LogP contribution in [-0.2, 0) is 38.4 Å². The predicted molar refractivity (Wildman–Crippen MR) is 35.3 cm³/mol. The molecule has 0 unspecified atom stereocenters. The lowest BCUT2D eigenvalue weighted by atomic mass is 10.2. The summed E-state index contributed by atoms with van der Waals surface area (Å²) in [5.41, 5.74) is 0. The molecular weight excluding hydrogens is 240 g/mol. The number of aliphatic hydroxyl groups excluding tert-OH is 2. The third-order valence-corrected chi connectivity index (χ3v) is 1.65. The van der Waals surface area contributed by atoms with Crippen molar-refractivity contribution in [2.24, 2.45) is 0 Å². The number of hydrogen-bond donors (Lipinski definition) is 2. The second-order valence-corrected chi connectivity index (χ2v) is 3.33. The van der Waals surface area contributed by atoms with Gasteiger partial charge in [-0.15, -0.1) is 0 Å². The van der Waals surface area contributed by atoms with E-state index < -0.39 is 34.5 Å². The molecule has 1 heterocycles. The summed E-state index contributed by atoms with van der Waals surface area (Å²) < 4.78 is 27.8. The van der Waals surface area contributed by atoms with Crippen LogP contribution in [0.15, 0.2) is 0 Å². The zero-order valence-electron chi connectivity index (χ0n) is 6.72. The van der Waals surface area contributed by atoms with E-state index in [0.29, 0.717) is 0 Å². The summed E-state index contributed by atoms with van der Waals surface area (Å²) in [5, 5.41) is 17.7. The fraction of sp³-hybridized carbons (Fsp3) is 0.500. The van der Waals surface area contributed by atoms with E-state index in [4.69, 9.17) is 10.2 Å². The lowest BCUT2D eigenvalue weighted by molar-refractivity contribution is -0.241. The molecule has 1 fully saturated rings. The summed E-state index contributed by atoms with van der Waals surface area (Å²) in [6, 6.07) is 0. The minimum atomic E-state index is -4.89. The van der Waals surface area contributed by atoms with Crippen LogP contribution in [0.3, 0.4) is 0 Å². The van der Waals surface area contributed by atoms with E-state index in [1.165, 1.54) is 0 Å². The summed E-state index contributed by atoms with van der Waals surface area (Å²) in [5.74, 6) is -3.40. The van der Waals surface area contributed by atoms with Crippen molar-refractivity contribution in [3.63, 3.8) is 0 Å². The molecule has 1 aliphatic heterocycles. The van der Waals surface area contributed by atoms with Crippen molar-refractivity contribution >= 4 is 22.3 Å². The molecule has 86 valence electrons. The topological polar surface area (TPSA) is 146 Å². The van der Waals surface area contributed by atoms with Gasteiger partial charge in [-0.2, -0.15) is 8.42 Å². The molecule has 0 aromatic rings. The van der Waals surface area contributed by atoms with Crippen molar-refractivity contribution < 1.29 is 46.7 Å². The Bertz CT molecular complexity index is 339. The molecule has 0 radical (unpaired) electrons. The van der Waals surface area contributed by atoms with Gasteiger partial charge in [0, 0.05) is 0 Å². The molecule has 0 amide bonds. The van der Waals surface area contributed by atoms with E-state index in [-0.39, 0.29) is 0 Å². The molecule has 0 aliphatic carbocycles. The molecule has 2 atom stereocenters. The highest BCUT2D eigenvalue weighted by Gasteiger charge is 2.38. The number of carbonyl (C=O) groups is 2. The highest BCUT2D eigenvalue weighted by Crippen LogP contribution is 2.08. The molecule has 0 aromatic heterocycles. The lowest BCUT2D eigenvalue weighted by Crippen LogP contribution is -2.40. The third kappa shape index (κ3) is 2.84. The van der Waals surface area contributed by atoms with Gasteiger partial charge in [-0.25, -0.2) is 9.59 Å². The van der Waals surface area contributed by atoms with Gasteiger partial charge in [0.05, 0.1) is 0 Å². The smallest absolute Gasteiger partial charge is 0.378 e. The first-order chi connectivity index (χ1) is 6.83. The molecule has 1 rings (SSSR count). The fourth-order valence-electron chi connectivity index (χ4n) is 0.518. The van der Waals surface area contributed by atoms with Gasteiger partial charge in [-0.1, -0.05) is 0 Å². The van der Waals surface area contributed by atoms with Crippen molar-refractivity contribution in [3.05, 3.63) is 0 Å². The van der Waals surface area contributed by atoms with E-state index in [2.05, 4.69) is 18.4 Å². The number of hydrogen-bond acceptors (Lipinski definition) is 10. The second kappa shape index (κ2) is 4.08. The SMILES string of the molecule is O=C1OOS(=O)(=O)OOC(=O)[C@H](O)[C@H]1O. The van der Waals surface area contributed by atoms with E-state index in [9.17, 15) is 18.0 Å². The Morgan fingerprint density at radius 3 is 1.60 bits per heavy atom. The zero-order valence-corrected chi connectivity index (χ0v) is 7.54. The Hall–Kier alpha value is -1.27. The van der Waals surface area contributed by atoms with Crippen molar-refractivity contribution in [1.29, 1.82) is 0 Å². The summed E-state index contributed by atoms with van der Waals surface area (Å²) in [4.78, 5) is 28.4. The van der Waals surface area contributed by atoms with Crippen LogP contribution < -0.4 is 0 Å². The Morgan fingerprint density at radius 2 is 1.27 bits per heavy atom. The van der Waals surface area contributed by atoms with Gasteiger partial charge in [-0.3, -0.25) is 9.78 Å². The van der Waals surface area contributed by atoms with Gasteiger partial charge in [0.15, 0.2) is 12.2 Å². The van der Waals surface area contributed by atoms with Crippen molar-refractivity contribution in [1.82, 2.24) is 0 Å². The number of aliphatic hydroxyl groups is 2. The molecule has 0 spiro atoms. The second-order valence-electron chi connectivity index (χ2n) is 2.24. The first kappa shape index (κ1) is 11.8. The average molecular weight is 244 g/mol. The van der Waals surface area contributed by atoms with Crippen LogP contribution in [0.4, 0.5) is 0 Å². The van der Waals surface area contributed by atoms with Crippen LogP contribution in [-0.4, -0.2) is 42.8 Å².